The van der Waals surface area contributed by atoms with Crippen molar-refractivity contribution >= 4 is 33.3 Å². The highest BCUT2D eigenvalue weighted by Crippen LogP contribution is 2.26. The van der Waals surface area contributed by atoms with Crippen molar-refractivity contribution in [3.05, 3.63) is 29.3 Å². The van der Waals surface area contributed by atoms with E-state index in [4.69, 9.17) is 16.3 Å². The summed E-state index contributed by atoms with van der Waals surface area (Å²) in [4.78, 5) is 26.0. The fraction of sp³-hybridized carbons (Fsp3) is 0.529. The van der Waals surface area contributed by atoms with Crippen LogP contribution in [0, 0.1) is 5.92 Å². The van der Waals surface area contributed by atoms with Crippen LogP contribution in [-0.4, -0.2) is 62.4 Å². The summed E-state index contributed by atoms with van der Waals surface area (Å²) in [6.07, 6.45) is 0.577. The van der Waals surface area contributed by atoms with Gasteiger partial charge in [0.15, 0.2) is 9.84 Å². The average molecular weight is 401 g/mol. The molecule has 26 heavy (non-hydrogen) atoms. The molecule has 0 unspecified atom stereocenters. The predicted octanol–water partition coefficient (Wildman–Crippen LogP) is 0.871. The highest BCUT2D eigenvalue weighted by atomic mass is 35.5. The monoisotopic (exact) mass is 400 g/mol. The first-order valence-electron chi connectivity index (χ1n) is 8.50. The van der Waals surface area contributed by atoms with Gasteiger partial charge in [-0.2, -0.15) is 0 Å². The smallest absolute Gasteiger partial charge is 0.225 e. The molecule has 1 N–H and O–H groups in total. The van der Waals surface area contributed by atoms with Gasteiger partial charge in [-0.05, 0) is 24.6 Å². The molecule has 9 heteroatoms. The molecule has 0 aliphatic carbocycles. The van der Waals surface area contributed by atoms with Gasteiger partial charge in [-0.25, -0.2) is 8.42 Å². The van der Waals surface area contributed by atoms with Crippen molar-refractivity contribution in [1.82, 2.24) is 10.2 Å². The zero-order valence-corrected chi connectivity index (χ0v) is 15.8. The van der Waals surface area contributed by atoms with Crippen molar-refractivity contribution in [3.8, 4) is 5.75 Å². The Balaban J connectivity index is 1.43. The van der Waals surface area contributed by atoms with Crippen LogP contribution < -0.4 is 10.1 Å². The standard InChI is InChI=1S/C17H21ClN2O5S/c18-13-2-1-3-15(9-13)25-6-5-19-17(22)12-8-16(21)20(10-12)14-4-7-26(23,24)11-14/h1-3,9,12,14H,4-8,10-11H2,(H,19,22)/t12-,14-/m1/s1. The molecule has 2 fully saturated rings. The van der Waals surface area contributed by atoms with E-state index in [0.29, 0.717) is 23.7 Å². The Hall–Kier alpha value is -1.80. The third-order valence-electron chi connectivity index (χ3n) is 4.64. The number of likely N-dealkylation sites (tertiary alicyclic amines) is 1. The van der Waals surface area contributed by atoms with Gasteiger partial charge in [0.2, 0.25) is 11.8 Å². The molecule has 3 rings (SSSR count). The van der Waals surface area contributed by atoms with Crippen molar-refractivity contribution in [2.24, 2.45) is 5.92 Å². The molecular formula is C17H21ClN2O5S. The molecule has 2 aliphatic rings. The largest absolute Gasteiger partial charge is 0.492 e. The quantitative estimate of drug-likeness (QED) is 0.715. The summed E-state index contributed by atoms with van der Waals surface area (Å²) in [6.45, 7) is 0.880. The Morgan fingerprint density at radius 2 is 2.19 bits per heavy atom. The molecule has 1 aromatic rings. The van der Waals surface area contributed by atoms with E-state index in [-0.39, 0.29) is 48.9 Å². The molecule has 2 amide bonds. The van der Waals surface area contributed by atoms with Gasteiger partial charge in [0.05, 0.1) is 24.0 Å². The van der Waals surface area contributed by atoms with Crippen LogP contribution in [0.3, 0.4) is 0 Å². The van der Waals surface area contributed by atoms with Crippen LogP contribution in [-0.2, 0) is 19.4 Å². The predicted molar refractivity (Wildman–Crippen MR) is 96.8 cm³/mol. The molecule has 0 radical (unpaired) electrons. The molecular weight excluding hydrogens is 380 g/mol. The number of halogens is 1. The molecule has 0 saturated carbocycles. The molecule has 0 spiro atoms. The number of amides is 2. The van der Waals surface area contributed by atoms with Gasteiger partial charge in [-0.1, -0.05) is 17.7 Å². The summed E-state index contributed by atoms with van der Waals surface area (Å²) in [5, 5.41) is 3.34. The zero-order chi connectivity index (χ0) is 18.7. The van der Waals surface area contributed by atoms with Crippen LogP contribution >= 0.6 is 11.6 Å². The minimum absolute atomic E-state index is 0.000550. The third kappa shape index (κ3) is 4.67. The number of ether oxygens (including phenoxy) is 1. The van der Waals surface area contributed by atoms with Crippen molar-refractivity contribution in [1.29, 1.82) is 0 Å². The summed E-state index contributed by atoms with van der Waals surface area (Å²) in [6, 6.07) is 6.69. The minimum Gasteiger partial charge on any atom is -0.492 e. The molecule has 142 valence electrons. The lowest BCUT2D eigenvalue weighted by molar-refractivity contribution is -0.130. The third-order valence-corrected chi connectivity index (χ3v) is 6.63. The van der Waals surface area contributed by atoms with E-state index in [1.807, 2.05) is 0 Å². The van der Waals surface area contributed by atoms with Crippen molar-refractivity contribution in [3.63, 3.8) is 0 Å². The van der Waals surface area contributed by atoms with E-state index in [1.54, 1.807) is 29.2 Å². The number of nitrogens with zero attached hydrogens (tertiary/aromatic N) is 1. The van der Waals surface area contributed by atoms with E-state index in [1.165, 1.54) is 0 Å². The van der Waals surface area contributed by atoms with Crippen LogP contribution in [0.25, 0.3) is 0 Å². The maximum Gasteiger partial charge on any atom is 0.225 e. The van der Waals surface area contributed by atoms with E-state index < -0.39 is 15.8 Å². The van der Waals surface area contributed by atoms with E-state index in [2.05, 4.69) is 5.32 Å². The summed E-state index contributed by atoms with van der Waals surface area (Å²) >= 11 is 5.87. The second kappa shape index (κ2) is 7.84. The van der Waals surface area contributed by atoms with E-state index in [9.17, 15) is 18.0 Å². The fourth-order valence-electron chi connectivity index (χ4n) is 3.33. The molecule has 1 aromatic carbocycles. The number of carbonyl (C=O) groups excluding carboxylic acids is 2. The van der Waals surface area contributed by atoms with Crippen LogP contribution in [0.2, 0.25) is 5.02 Å². The first kappa shape index (κ1) is 19.0. The molecule has 0 aromatic heterocycles. The summed E-state index contributed by atoms with van der Waals surface area (Å²) in [7, 11) is -3.06. The zero-order valence-electron chi connectivity index (χ0n) is 14.2. The number of carbonyl (C=O) groups is 2. The topological polar surface area (TPSA) is 92.8 Å². The van der Waals surface area contributed by atoms with Gasteiger partial charge in [-0.3, -0.25) is 9.59 Å². The second-order valence-electron chi connectivity index (χ2n) is 6.60. The van der Waals surface area contributed by atoms with Crippen LogP contribution in [0.4, 0.5) is 0 Å². The maximum absolute atomic E-state index is 12.3. The number of sulfone groups is 1. The lowest BCUT2D eigenvalue weighted by atomic mass is 10.1. The maximum atomic E-state index is 12.3. The summed E-state index contributed by atoms with van der Waals surface area (Å²) in [5.41, 5.74) is 0. The van der Waals surface area contributed by atoms with E-state index >= 15 is 0 Å². The Labute approximate surface area is 157 Å². The first-order chi connectivity index (χ1) is 12.3. The number of nitrogens with one attached hydrogen (secondary N) is 1. The fourth-order valence-corrected chi connectivity index (χ4v) is 5.24. The highest BCUT2D eigenvalue weighted by molar-refractivity contribution is 7.91. The van der Waals surface area contributed by atoms with Crippen molar-refractivity contribution in [2.45, 2.75) is 18.9 Å². The Kier molecular flexibility index (Phi) is 5.72. The Morgan fingerprint density at radius 3 is 2.88 bits per heavy atom. The summed E-state index contributed by atoms with van der Waals surface area (Å²) in [5.74, 6) is -0.0769. The van der Waals surface area contributed by atoms with Gasteiger partial charge in [0, 0.05) is 24.0 Å². The van der Waals surface area contributed by atoms with Crippen LogP contribution in [0.15, 0.2) is 24.3 Å². The van der Waals surface area contributed by atoms with Crippen molar-refractivity contribution < 1.29 is 22.7 Å². The number of hydrogen-bond donors (Lipinski definition) is 1. The van der Waals surface area contributed by atoms with Gasteiger partial charge >= 0.3 is 0 Å². The molecule has 2 atom stereocenters. The van der Waals surface area contributed by atoms with Crippen LogP contribution in [0.5, 0.6) is 5.75 Å². The van der Waals surface area contributed by atoms with Gasteiger partial charge in [0.1, 0.15) is 12.4 Å². The van der Waals surface area contributed by atoms with Crippen molar-refractivity contribution in [2.75, 3.05) is 31.2 Å². The molecule has 0 bridgehead atoms. The van der Waals surface area contributed by atoms with E-state index in [0.717, 1.165) is 0 Å². The number of rotatable bonds is 6. The second-order valence-corrected chi connectivity index (χ2v) is 9.27. The molecule has 2 heterocycles. The average Bonchev–Trinajstić information content (AvgIpc) is 3.13. The van der Waals surface area contributed by atoms with Gasteiger partial charge < -0.3 is 15.0 Å². The highest BCUT2D eigenvalue weighted by Gasteiger charge is 2.41. The Morgan fingerprint density at radius 1 is 1.38 bits per heavy atom. The number of benzene rings is 1. The van der Waals surface area contributed by atoms with Crippen LogP contribution in [0.1, 0.15) is 12.8 Å². The van der Waals surface area contributed by atoms with Gasteiger partial charge in [-0.15, -0.1) is 0 Å². The number of hydrogen-bond acceptors (Lipinski definition) is 5. The Bertz CT molecular complexity index is 798. The SMILES string of the molecule is O=C(NCCOc1cccc(Cl)c1)[C@@H]1CC(=O)N([C@@H]2CCS(=O)(=O)C2)C1. The summed E-state index contributed by atoms with van der Waals surface area (Å²) < 4.78 is 28.7. The molecule has 2 aliphatic heterocycles. The first-order valence-corrected chi connectivity index (χ1v) is 10.7. The lowest BCUT2D eigenvalue weighted by Crippen LogP contribution is -2.39. The minimum atomic E-state index is -3.06. The normalized spacial score (nSPS) is 24.7. The lowest BCUT2D eigenvalue weighted by Gasteiger charge is -2.22. The molecule has 7 nitrogen and oxygen atoms in total. The molecule has 2 saturated heterocycles. The van der Waals surface area contributed by atoms with Gasteiger partial charge in [0.25, 0.3) is 0 Å².